The van der Waals surface area contributed by atoms with Crippen LogP contribution in [0.25, 0.3) is 6.08 Å². The molecular formula is C21H25F3N4O3S. The molecule has 0 bridgehead atoms. The molecule has 0 atom stereocenters. The zero-order valence-corrected chi connectivity index (χ0v) is 18.9. The van der Waals surface area contributed by atoms with Crippen molar-refractivity contribution in [2.75, 3.05) is 16.3 Å². The summed E-state index contributed by atoms with van der Waals surface area (Å²) in [6, 6.07) is 6.97. The summed E-state index contributed by atoms with van der Waals surface area (Å²) < 4.78 is 63.9. The minimum Gasteiger partial charge on any atom is -0.367 e. The lowest BCUT2D eigenvalue weighted by Gasteiger charge is -2.14. The smallest absolute Gasteiger partial charge is 0.367 e. The molecule has 0 aliphatic rings. The lowest BCUT2D eigenvalue weighted by molar-refractivity contribution is -0.141. The molecule has 11 heteroatoms. The number of halogens is 3. The Morgan fingerprint density at radius 3 is 2.44 bits per heavy atom. The maximum Gasteiger partial charge on any atom is 0.433 e. The molecule has 1 aromatic carbocycles. The number of hydrogen-bond donors (Lipinski definition) is 3. The number of nitrogens with one attached hydrogen (secondary N) is 3. The van der Waals surface area contributed by atoms with Gasteiger partial charge in [0.1, 0.15) is 11.5 Å². The van der Waals surface area contributed by atoms with E-state index in [1.165, 1.54) is 18.2 Å². The first-order valence-electron chi connectivity index (χ1n) is 9.62. The number of aromatic nitrogens is 1. The SMILES string of the molecule is Cc1cc(CNC(=O)/C=C/c2ccc(C(F)(F)F)nc2NC(C)C)ccc1NS(C)(=O)=O. The third-order valence-electron chi connectivity index (χ3n) is 4.11. The summed E-state index contributed by atoms with van der Waals surface area (Å²) in [6.45, 7) is 5.45. The summed E-state index contributed by atoms with van der Waals surface area (Å²) in [5, 5.41) is 5.53. The van der Waals surface area contributed by atoms with Crippen LogP contribution in [-0.4, -0.2) is 31.6 Å². The Kier molecular flexibility index (Phi) is 7.89. The summed E-state index contributed by atoms with van der Waals surface area (Å²) in [5.41, 5.74) is 1.21. The molecule has 32 heavy (non-hydrogen) atoms. The first-order valence-corrected chi connectivity index (χ1v) is 11.5. The molecule has 1 heterocycles. The minimum atomic E-state index is -4.57. The number of carbonyl (C=O) groups is 1. The van der Waals surface area contributed by atoms with Gasteiger partial charge in [0.05, 0.1) is 11.9 Å². The highest BCUT2D eigenvalue weighted by molar-refractivity contribution is 7.92. The number of benzene rings is 1. The molecule has 2 rings (SSSR count). The van der Waals surface area contributed by atoms with Crippen molar-refractivity contribution in [3.8, 4) is 0 Å². The van der Waals surface area contributed by atoms with Gasteiger partial charge in [-0.25, -0.2) is 13.4 Å². The molecular weight excluding hydrogens is 445 g/mol. The van der Waals surface area contributed by atoms with E-state index in [0.29, 0.717) is 16.8 Å². The number of alkyl halides is 3. The molecule has 0 aliphatic carbocycles. The number of nitrogens with zero attached hydrogens (tertiary/aromatic N) is 1. The number of carbonyl (C=O) groups excluding carboxylic acids is 1. The Hall–Kier alpha value is -3.08. The molecule has 0 spiro atoms. The van der Waals surface area contributed by atoms with Crippen molar-refractivity contribution < 1.29 is 26.4 Å². The van der Waals surface area contributed by atoms with Crippen LogP contribution in [0.4, 0.5) is 24.7 Å². The molecule has 0 fully saturated rings. The fourth-order valence-electron chi connectivity index (χ4n) is 2.71. The van der Waals surface area contributed by atoms with Crippen LogP contribution >= 0.6 is 0 Å². The van der Waals surface area contributed by atoms with Gasteiger partial charge in [0.15, 0.2) is 0 Å². The summed E-state index contributed by atoms with van der Waals surface area (Å²) in [6.07, 6.45) is -0.918. The van der Waals surface area contributed by atoms with Crippen molar-refractivity contribution in [3.05, 3.63) is 58.8 Å². The molecule has 3 N–H and O–H groups in total. The van der Waals surface area contributed by atoms with Gasteiger partial charge in [-0.05, 0) is 56.2 Å². The molecule has 1 aromatic heterocycles. The van der Waals surface area contributed by atoms with Crippen molar-refractivity contribution in [1.29, 1.82) is 0 Å². The zero-order chi connectivity index (χ0) is 24.1. The predicted octanol–water partition coefficient (Wildman–Crippen LogP) is 3.93. The average molecular weight is 471 g/mol. The maximum absolute atomic E-state index is 12.9. The standard InChI is InChI=1S/C21H25F3N4O3S/c1-13(2)26-20-16(6-9-18(27-20)21(22,23)24)7-10-19(29)25-12-15-5-8-17(14(3)11-15)28-32(4,30)31/h5-11,13,28H,12H2,1-4H3,(H,25,29)(H,26,27)/b10-7+. The molecule has 2 aromatic rings. The van der Waals surface area contributed by atoms with Gasteiger partial charge in [-0.3, -0.25) is 9.52 Å². The largest absolute Gasteiger partial charge is 0.433 e. The number of sulfonamides is 1. The molecule has 174 valence electrons. The third-order valence-corrected chi connectivity index (χ3v) is 4.70. The lowest BCUT2D eigenvalue weighted by atomic mass is 10.1. The van der Waals surface area contributed by atoms with Crippen molar-refractivity contribution in [3.63, 3.8) is 0 Å². The fraction of sp³-hybridized carbons (Fsp3) is 0.333. The van der Waals surface area contributed by atoms with Crippen LogP contribution in [0.15, 0.2) is 36.4 Å². The summed E-state index contributed by atoms with van der Waals surface area (Å²) in [5.74, 6) is -0.417. The topological polar surface area (TPSA) is 100 Å². The Labute approximate surface area is 185 Å². The first kappa shape index (κ1) is 25.2. The van der Waals surface area contributed by atoms with Crippen molar-refractivity contribution in [1.82, 2.24) is 10.3 Å². The lowest BCUT2D eigenvalue weighted by Crippen LogP contribution is -2.20. The zero-order valence-electron chi connectivity index (χ0n) is 18.0. The highest BCUT2D eigenvalue weighted by Gasteiger charge is 2.33. The van der Waals surface area contributed by atoms with Crippen molar-refractivity contribution >= 4 is 33.5 Å². The van der Waals surface area contributed by atoms with Crippen LogP contribution in [0.5, 0.6) is 0 Å². The number of amides is 1. The Bertz CT molecular complexity index is 1110. The molecule has 1 amide bonds. The normalized spacial score (nSPS) is 12.2. The maximum atomic E-state index is 12.9. The van der Waals surface area contributed by atoms with E-state index < -0.39 is 27.8 Å². The van der Waals surface area contributed by atoms with Crippen LogP contribution in [0.2, 0.25) is 0 Å². The quantitative estimate of drug-likeness (QED) is 0.508. The van der Waals surface area contributed by atoms with E-state index in [1.807, 2.05) is 0 Å². The van der Waals surface area contributed by atoms with Crippen LogP contribution < -0.4 is 15.4 Å². The molecule has 0 unspecified atom stereocenters. The van der Waals surface area contributed by atoms with E-state index in [9.17, 15) is 26.4 Å². The second-order valence-corrected chi connectivity index (χ2v) is 9.25. The van der Waals surface area contributed by atoms with Crippen LogP contribution in [-0.2, 0) is 27.5 Å². The number of pyridine rings is 1. The van der Waals surface area contributed by atoms with Crippen LogP contribution in [0.3, 0.4) is 0 Å². The van der Waals surface area contributed by atoms with E-state index in [-0.39, 0.29) is 18.4 Å². The number of rotatable bonds is 8. The van der Waals surface area contributed by atoms with Gasteiger partial charge in [-0.2, -0.15) is 13.2 Å². The summed E-state index contributed by atoms with van der Waals surface area (Å²) in [7, 11) is -3.40. The van der Waals surface area contributed by atoms with Gasteiger partial charge in [-0.15, -0.1) is 0 Å². The minimum absolute atomic E-state index is 0.0310. The van der Waals surface area contributed by atoms with Crippen LogP contribution in [0, 0.1) is 6.92 Å². The van der Waals surface area contributed by atoms with Crippen LogP contribution in [0.1, 0.15) is 36.2 Å². The highest BCUT2D eigenvalue weighted by Crippen LogP contribution is 2.30. The number of hydrogen-bond acceptors (Lipinski definition) is 5. The van der Waals surface area contributed by atoms with Gasteiger partial charge >= 0.3 is 6.18 Å². The van der Waals surface area contributed by atoms with E-state index in [1.54, 1.807) is 39.0 Å². The van der Waals surface area contributed by atoms with Crippen molar-refractivity contribution in [2.24, 2.45) is 0 Å². The van der Waals surface area contributed by atoms with E-state index in [2.05, 4.69) is 20.3 Å². The van der Waals surface area contributed by atoms with Gasteiger partial charge in [-0.1, -0.05) is 12.1 Å². The monoisotopic (exact) mass is 470 g/mol. The number of anilines is 2. The Morgan fingerprint density at radius 2 is 1.88 bits per heavy atom. The summed E-state index contributed by atoms with van der Waals surface area (Å²) in [4.78, 5) is 15.8. The van der Waals surface area contributed by atoms with E-state index >= 15 is 0 Å². The predicted molar refractivity (Wildman–Crippen MR) is 119 cm³/mol. The number of aryl methyl sites for hydroxylation is 1. The molecule has 0 saturated carbocycles. The van der Waals surface area contributed by atoms with E-state index in [0.717, 1.165) is 17.9 Å². The van der Waals surface area contributed by atoms with Gasteiger partial charge < -0.3 is 10.6 Å². The third kappa shape index (κ3) is 7.88. The highest BCUT2D eigenvalue weighted by atomic mass is 32.2. The Balaban J connectivity index is 2.08. The molecule has 0 aliphatic heterocycles. The van der Waals surface area contributed by atoms with Crippen molar-refractivity contribution in [2.45, 2.75) is 39.5 Å². The van der Waals surface area contributed by atoms with Gasteiger partial charge in [0.25, 0.3) is 0 Å². The average Bonchev–Trinajstić information content (AvgIpc) is 2.65. The van der Waals surface area contributed by atoms with E-state index in [4.69, 9.17) is 0 Å². The van der Waals surface area contributed by atoms with Gasteiger partial charge in [0.2, 0.25) is 15.9 Å². The fourth-order valence-corrected chi connectivity index (χ4v) is 3.34. The molecule has 7 nitrogen and oxygen atoms in total. The molecule has 0 radical (unpaired) electrons. The molecule has 0 saturated heterocycles. The van der Waals surface area contributed by atoms with Gasteiger partial charge in [0, 0.05) is 24.2 Å². The second kappa shape index (κ2) is 10.0. The Morgan fingerprint density at radius 1 is 1.19 bits per heavy atom. The summed E-state index contributed by atoms with van der Waals surface area (Å²) >= 11 is 0. The first-order chi connectivity index (χ1) is 14.7. The second-order valence-electron chi connectivity index (χ2n) is 7.51.